The Bertz CT molecular complexity index is 3630. The predicted octanol–water partition coefficient (Wildman–Crippen LogP) is 19.8. The minimum Gasteiger partial charge on any atom is -0.311 e. The molecule has 0 spiro atoms. The maximum atomic E-state index is 2.39. The van der Waals surface area contributed by atoms with Gasteiger partial charge in [-0.15, -0.1) is 0 Å². The molecule has 0 aliphatic rings. The number of hydrogen-bond donors (Lipinski definition) is 0. The van der Waals surface area contributed by atoms with Crippen LogP contribution in [0.3, 0.4) is 0 Å². The third-order valence-corrected chi connectivity index (χ3v) is 13.7. The first-order valence-corrected chi connectivity index (χ1v) is 24.7. The van der Waals surface area contributed by atoms with E-state index < -0.39 is 0 Å². The normalized spacial score (nSPS) is 11.1. The van der Waals surface area contributed by atoms with Crippen LogP contribution in [0.15, 0.2) is 303 Å². The summed E-state index contributed by atoms with van der Waals surface area (Å²) in [4.78, 5) is 4.72. The van der Waals surface area contributed by atoms with E-state index in [2.05, 4.69) is 313 Å². The van der Waals surface area contributed by atoms with E-state index in [1.807, 2.05) is 0 Å². The van der Waals surface area contributed by atoms with Crippen molar-refractivity contribution in [3.8, 4) is 66.8 Å². The summed E-state index contributed by atoms with van der Waals surface area (Å²) in [5.74, 6) is 0. The van der Waals surface area contributed by atoms with E-state index in [1.165, 1.54) is 66.4 Å². The van der Waals surface area contributed by atoms with Crippen LogP contribution in [0.2, 0.25) is 0 Å². The Labute approximate surface area is 422 Å². The molecule has 0 N–H and O–H groups in total. The second kappa shape index (κ2) is 19.8. The molecule has 12 aromatic rings. The summed E-state index contributed by atoms with van der Waals surface area (Å²) in [5.41, 5.74) is 20.9. The second-order valence-electron chi connectivity index (χ2n) is 18.1. The lowest BCUT2D eigenvalue weighted by atomic mass is 9.91. The molecule has 72 heavy (non-hydrogen) atoms. The summed E-state index contributed by atoms with van der Waals surface area (Å²) in [6.45, 7) is 0. The topological polar surface area (TPSA) is 6.48 Å². The summed E-state index contributed by atoms with van der Waals surface area (Å²) in [6.07, 6.45) is 0. The smallest absolute Gasteiger partial charge is 0.0540 e. The van der Waals surface area contributed by atoms with Crippen molar-refractivity contribution in [1.29, 1.82) is 0 Å². The largest absolute Gasteiger partial charge is 0.311 e. The van der Waals surface area contributed by atoms with Crippen LogP contribution in [0.4, 0.5) is 34.1 Å². The van der Waals surface area contributed by atoms with E-state index in [9.17, 15) is 0 Å². The molecule has 0 heterocycles. The van der Waals surface area contributed by atoms with Crippen molar-refractivity contribution in [3.63, 3.8) is 0 Å². The third kappa shape index (κ3) is 8.97. The zero-order chi connectivity index (χ0) is 48.1. The molecule has 0 atom stereocenters. The van der Waals surface area contributed by atoms with Crippen LogP contribution in [0.1, 0.15) is 0 Å². The van der Waals surface area contributed by atoms with Gasteiger partial charge in [-0.05, 0) is 145 Å². The molecule has 0 fully saturated rings. The fourth-order valence-corrected chi connectivity index (χ4v) is 10.0. The molecule has 0 unspecified atom stereocenters. The van der Waals surface area contributed by atoms with Crippen LogP contribution in [0, 0.1) is 0 Å². The lowest BCUT2D eigenvalue weighted by Crippen LogP contribution is -2.10. The van der Waals surface area contributed by atoms with Crippen LogP contribution in [0.5, 0.6) is 0 Å². The highest BCUT2D eigenvalue weighted by molar-refractivity contribution is 5.99. The first-order valence-electron chi connectivity index (χ1n) is 24.7. The lowest BCUT2D eigenvalue weighted by molar-refractivity contribution is 1.28. The van der Waals surface area contributed by atoms with Crippen molar-refractivity contribution < 1.29 is 0 Å². The summed E-state index contributed by atoms with van der Waals surface area (Å²) in [7, 11) is 0. The van der Waals surface area contributed by atoms with Crippen molar-refractivity contribution in [1.82, 2.24) is 0 Å². The Morgan fingerprint density at radius 2 is 0.486 bits per heavy atom. The third-order valence-electron chi connectivity index (χ3n) is 13.7. The first kappa shape index (κ1) is 43.8. The molecule has 0 saturated carbocycles. The lowest BCUT2D eigenvalue weighted by Gasteiger charge is -2.27. The minimum absolute atomic E-state index is 1.09. The van der Waals surface area contributed by atoms with Crippen LogP contribution < -0.4 is 9.80 Å². The molecule has 0 aliphatic carbocycles. The molecular formula is C70H50N2. The van der Waals surface area contributed by atoms with Gasteiger partial charge in [0, 0.05) is 33.8 Å². The van der Waals surface area contributed by atoms with Gasteiger partial charge in [-0.2, -0.15) is 0 Å². The number of hydrogen-bond acceptors (Lipinski definition) is 2. The van der Waals surface area contributed by atoms with Gasteiger partial charge in [0.2, 0.25) is 0 Å². The van der Waals surface area contributed by atoms with Gasteiger partial charge >= 0.3 is 0 Å². The van der Waals surface area contributed by atoms with Gasteiger partial charge in [-0.25, -0.2) is 0 Å². The van der Waals surface area contributed by atoms with E-state index in [0.717, 1.165) is 45.3 Å². The molecule has 0 bridgehead atoms. The zero-order valence-corrected chi connectivity index (χ0v) is 39.8. The van der Waals surface area contributed by atoms with Gasteiger partial charge in [0.25, 0.3) is 0 Å². The Hall–Kier alpha value is -9.50. The molecule has 0 amide bonds. The summed E-state index contributed by atoms with van der Waals surface area (Å²) in [5, 5.41) is 2.40. The van der Waals surface area contributed by atoms with Crippen molar-refractivity contribution in [2.75, 3.05) is 9.80 Å². The molecule has 2 nitrogen and oxygen atoms in total. The van der Waals surface area contributed by atoms with E-state index >= 15 is 0 Å². The maximum Gasteiger partial charge on any atom is 0.0540 e. The highest BCUT2D eigenvalue weighted by atomic mass is 15.1. The van der Waals surface area contributed by atoms with Crippen molar-refractivity contribution in [2.24, 2.45) is 0 Å². The van der Waals surface area contributed by atoms with E-state index in [-0.39, 0.29) is 0 Å². The second-order valence-corrected chi connectivity index (χ2v) is 18.1. The van der Waals surface area contributed by atoms with Gasteiger partial charge in [0.15, 0.2) is 0 Å². The molecule has 12 rings (SSSR count). The number of fused-ring (bicyclic) bond motifs is 1. The van der Waals surface area contributed by atoms with Crippen molar-refractivity contribution in [2.45, 2.75) is 0 Å². The predicted molar refractivity (Wildman–Crippen MR) is 306 cm³/mol. The number of anilines is 6. The monoisotopic (exact) mass is 918 g/mol. The van der Waals surface area contributed by atoms with Crippen LogP contribution >= 0.6 is 0 Å². The Morgan fingerprint density at radius 3 is 0.917 bits per heavy atom. The highest BCUT2D eigenvalue weighted by Crippen LogP contribution is 2.43. The fourth-order valence-electron chi connectivity index (χ4n) is 10.0. The molecule has 2 heteroatoms. The van der Waals surface area contributed by atoms with Gasteiger partial charge < -0.3 is 9.80 Å². The quantitative estimate of drug-likeness (QED) is 0.120. The fraction of sp³-hybridized carbons (Fsp3) is 0. The van der Waals surface area contributed by atoms with Crippen LogP contribution in [0.25, 0.3) is 77.5 Å². The number of benzene rings is 12. The first-order chi connectivity index (χ1) is 35.7. The summed E-state index contributed by atoms with van der Waals surface area (Å²) < 4.78 is 0. The van der Waals surface area contributed by atoms with E-state index in [0.29, 0.717) is 0 Å². The average Bonchev–Trinajstić information content (AvgIpc) is 3.47. The van der Waals surface area contributed by atoms with Crippen molar-refractivity contribution in [3.05, 3.63) is 303 Å². The van der Waals surface area contributed by atoms with E-state index in [1.54, 1.807) is 0 Å². The van der Waals surface area contributed by atoms with Gasteiger partial charge in [-0.3, -0.25) is 0 Å². The molecule has 0 saturated heterocycles. The molecule has 0 aliphatic heterocycles. The Balaban J connectivity index is 0.869. The van der Waals surface area contributed by atoms with Gasteiger partial charge in [0.1, 0.15) is 0 Å². The van der Waals surface area contributed by atoms with E-state index in [4.69, 9.17) is 0 Å². The van der Waals surface area contributed by atoms with Crippen LogP contribution in [-0.4, -0.2) is 0 Å². The molecular weight excluding hydrogens is 869 g/mol. The Kier molecular flexibility index (Phi) is 12.1. The number of rotatable bonds is 12. The summed E-state index contributed by atoms with van der Waals surface area (Å²) >= 11 is 0. The standard InChI is InChI=1S/C70H50N2/c1-5-16-51(17-6-1)53-28-39-62(40-29-53)71(63-41-30-54(31-42-63)52-18-7-2-8-19-52)64-43-32-55(33-44-64)56-34-45-65(46-35-56)72(70-27-15-25-59-24-13-14-26-68(59)70)66-47-36-57(37-48-66)61-38-49-67(58-20-9-3-10-21-58)69(50-61)60-22-11-4-12-23-60/h1-50H. The van der Waals surface area contributed by atoms with Crippen LogP contribution in [-0.2, 0) is 0 Å². The minimum atomic E-state index is 1.09. The molecule has 12 aromatic carbocycles. The average molecular weight is 919 g/mol. The van der Waals surface area contributed by atoms with Crippen molar-refractivity contribution >= 4 is 44.9 Å². The van der Waals surface area contributed by atoms with Gasteiger partial charge in [-0.1, -0.05) is 231 Å². The maximum absolute atomic E-state index is 2.39. The Morgan fingerprint density at radius 1 is 0.181 bits per heavy atom. The molecule has 0 aromatic heterocycles. The molecule has 340 valence electrons. The summed E-state index contributed by atoms with van der Waals surface area (Å²) in [6, 6.07) is 109. The molecule has 0 radical (unpaired) electrons. The van der Waals surface area contributed by atoms with Gasteiger partial charge in [0.05, 0.1) is 5.69 Å². The zero-order valence-electron chi connectivity index (χ0n) is 39.8. The SMILES string of the molecule is c1ccc(-c2ccc(N(c3ccc(-c4ccccc4)cc3)c3ccc(-c4ccc(N(c5ccc(-c6ccc(-c7ccccc7)c(-c7ccccc7)c6)cc5)c5cccc6ccccc56)cc4)cc3)cc2)cc1. The number of nitrogens with zero attached hydrogens (tertiary/aromatic N) is 2. The highest BCUT2D eigenvalue weighted by Gasteiger charge is 2.18.